The van der Waals surface area contributed by atoms with E-state index < -0.39 is 4.92 Å². The molecule has 0 amide bonds. The van der Waals surface area contributed by atoms with E-state index >= 15 is 0 Å². The first-order valence-corrected chi connectivity index (χ1v) is 6.32. The Morgan fingerprint density at radius 2 is 1.95 bits per heavy atom. The van der Waals surface area contributed by atoms with E-state index in [2.05, 4.69) is 0 Å². The van der Waals surface area contributed by atoms with Crippen molar-refractivity contribution in [1.29, 1.82) is 0 Å². The summed E-state index contributed by atoms with van der Waals surface area (Å²) in [7, 11) is 0. The van der Waals surface area contributed by atoms with Gasteiger partial charge in [-0.1, -0.05) is 25.3 Å². The molecule has 6 heteroatoms. The molecule has 1 aliphatic carbocycles. The first-order chi connectivity index (χ1) is 8.59. The van der Waals surface area contributed by atoms with Crippen LogP contribution in [0.2, 0.25) is 0 Å². The number of halogens is 1. The third-order valence-electron chi connectivity index (χ3n) is 3.74. The second-order valence-corrected chi connectivity index (χ2v) is 4.93. The molecule has 19 heavy (non-hydrogen) atoms. The van der Waals surface area contributed by atoms with Gasteiger partial charge in [0.25, 0.3) is 0 Å². The maximum Gasteiger partial charge on any atom is 0.311 e. The molecule has 1 aromatic carbocycles. The first kappa shape index (κ1) is 15.7. The van der Waals surface area contributed by atoms with Gasteiger partial charge < -0.3 is 10.8 Å². The zero-order valence-electron chi connectivity index (χ0n) is 10.6. The first-order valence-electron chi connectivity index (χ1n) is 6.32. The van der Waals surface area contributed by atoms with Gasteiger partial charge in [-0.25, -0.2) is 0 Å². The number of phenolic OH excluding ortho intramolecular Hbond substituents is 1. The fraction of sp³-hybridized carbons (Fsp3) is 0.538. The number of nitro benzene ring substituents is 1. The van der Waals surface area contributed by atoms with E-state index in [0.29, 0.717) is 5.92 Å². The van der Waals surface area contributed by atoms with Gasteiger partial charge in [-0.2, -0.15) is 0 Å². The van der Waals surface area contributed by atoms with E-state index in [-0.39, 0.29) is 29.9 Å². The van der Waals surface area contributed by atoms with Crippen molar-refractivity contribution in [2.75, 3.05) is 0 Å². The minimum absolute atomic E-state index is 0. The zero-order chi connectivity index (χ0) is 13.1. The second kappa shape index (κ2) is 6.73. The van der Waals surface area contributed by atoms with Crippen LogP contribution in [0.4, 0.5) is 5.69 Å². The molecule has 0 radical (unpaired) electrons. The number of nitrogens with two attached hydrogens (primary N) is 1. The van der Waals surface area contributed by atoms with Gasteiger partial charge in [-0.15, -0.1) is 12.4 Å². The summed E-state index contributed by atoms with van der Waals surface area (Å²) in [6.45, 7) is 0. The summed E-state index contributed by atoms with van der Waals surface area (Å²) in [6.07, 6.45) is 5.77. The molecule has 2 rings (SSSR count). The number of aromatic hydroxyl groups is 1. The van der Waals surface area contributed by atoms with Crippen LogP contribution in [0.5, 0.6) is 5.75 Å². The Labute approximate surface area is 118 Å². The Kier molecular flexibility index (Phi) is 5.57. The van der Waals surface area contributed by atoms with Crippen LogP contribution in [0, 0.1) is 16.0 Å². The minimum atomic E-state index is -0.577. The van der Waals surface area contributed by atoms with Crippen molar-refractivity contribution in [3.05, 3.63) is 33.9 Å². The average Bonchev–Trinajstić information content (AvgIpc) is 2.39. The van der Waals surface area contributed by atoms with E-state index in [0.717, 1.165) is 18.4 Å². The van der Waals surface area contributed by atoms with Crippen molar-refractivity contribution in [1.82, 2.24) is 0 Å². The molecule has 0 aromatic heterocycles. The molecule has 1 atom stereocenters. The fourth-order valence-corrected chi connectivity index (χ4v) is 2.66. The lowest BCUT2D eigenvalue weighted by atomic mass is 9.81. The highest BCUT2D eigenvalue weighted by molar-refractivity contribution is 5.85. The van der Waals surface area contributed by atoms with Crippen LogP contribution in [-0.2, 0) is 0 Å². The maximum atomic E-state index is 10.8. The summed E-state index contributed by atoms with van der Waals surface area (Å²) < 4.78 is 0. The summed E-state index contributed by atoms with van der Waals surface area (Å²) in [5.74, 6) is 0.0856. The molecule has 0 spiro atoms. The van der Waals surface area contributed by atoms with Gasteiger partial charge in [0, 0.05) is 12.1 Å². The molecule has 0 aliphatic heterocycles. The van der Waals surface area contributed by atoms with Gasteiger partial charge in [-0.05, 0) is 30.4 Å². The number of rotatable bonds is 3. The molecular weight excluding hydrogens is 268 g/mol. The Morgan fingerprint density at radius 3 is 2.53 bits per heavy atom. The highest BCUT2D eigenvalue weighted by Gasteiger charge is 2.24. The van der Waals surface area contributed by atoms with Crippen molar-refractivity contribution >= 4 is 18.1 Å². The van der Waals surface area contributed by atoms with Gasteiger partial charge >= 0.3 is 5.69 Å². The van der Waals surface area contributed by atoms with Crippen molar-refractivity contribution in [2.45, 2.75) is 38.1 Å². The van der Waals surface area contributed by atoms with E-state index in [1.807, 2.05) is 0 Å². The Hall–Kier alpha value is -1.33. The Balaban J connectivity index is 0.00000180. The average molecular weight is 287 g/mol. The van der Waals surface area contributed by atoms with Gasteiger partial charge in [0.2, 0.25) is 0 Å². The van der Waals surface area contributed by atoms with E-state index in [1.165, 1.54) is 31.4 Å². The van der Waals surface area contributed by atoms with E-state index in [1.54, 1.807) is 6.07 Å². The highest BCUT2D eigenvalue weighted by Crippen LogP contribution is 2.35. The number of nitro groups is 1. The van der Waals surface area contributed by atoms with Crippen molar-refractivity contribution in [3.8, 4) is 5.75 Å². The lowest BCUT2D eigenvalue weighted by molar-refractivity contribution is -0.385. The number of hydrogen-bond acceptors (Lipinski definition) is 4. The molecule has 0 heterocycles. The largest absolute Gasteiger partial charge is 0.502 e. The highest BCUT2D eigenvalue weighted by atomic mass is 35.5. The standard InChI is InChI=1S/C13H18N2O3.ClH/c14-13(9-4-2-1-3-5-9)10-6-7-12(16)11(8-10)15(17)18;/h6-9,13,16H,1-5,14H2;1H/t13-;/m0./s1. The molecule has 1 aromatic rings. The normalized spacial score (nSPS) is 17.5. The molecular formula is C13H19ClN2O3. The predicted molar refractivity (Wildman–Crippen MR) is 75.5 cm³/mol. The molecule has 1 fully saturated rings. The second-order valence-electron chi connectivity index (χ2n) is 4.93. The molecule has 0 saturated heterocycles. The van der Waals surface area contributed by atoms with Crippen LogP contribution in [0.3, 0.4) is 0 Å². The number of hydrogen-bond donors (Lipinski definition) is 2. The number of benzene rings is 1. The molecule has 0 bridgehead atoms. The number of nitrogens with zero attached hydrogens (tertiary/aromatic N) is 1. The monoisotopic (exact) mass is 286 g/mol. The Bertz CT molecular complexity index is 448. The van der Waals surface area contributed by atoms with Crippen LogP contribution >= 0.6 is 12.4 Å². The van der Waals surface area contributed by atoms with E-state index in [9.17, 15) is 15.2 Å². The molecule has 0 unspecified atom stereocenters. The lowest BCUT2D eigenvalue weighted by Gasteiger charge is -2.27. The minimum Gasteiger partial charge on any atom is -0.502 e. The smallest absolute Gasteiger partial charge is 0.311 e. The van der Waals surface area contributed by atoms with Gasteiger partial charge in [-0.3, -0.25) is 10.1 Å². The SMILES string of the molecule is Cl.N[C@H](c1ccc(O)c([N+](=O)[O-])c1)C1CCCCC1. The summed E-state index contributed by atoms with van der Waals surface area (Å²) in [6, 6.07) is 4.26. The van der Waals surface area contributed by atoms with Gasteiger partial charge in [0.05, 0.1) is 4.92 Å². The van der Waals surface area contributed by atoms with Crippen molar-refractivity contribution in [2.24, 2.45) is 11.7 Å². The third kappa shape index (κ3) is 3.58. The predicted octanol–water partition coefficient (Wildman–Crippen LogP) is 3.30. The van der Waals surface area contributed by atoms with Crippen LogP contribution in [-0.4, -0.2) is 10.0 Å². The van der Waals surface area contributed by atoms with Gasteiger partial charge in [0.15, 0.2) is 5.75 Å². The number of phenols is 1. The summed E-state index contributed by atoms with van der Waals surface area (Å²) in [5.41, 5.74) is 6.66. The van der Waals surface area contributed by atoms with Crippen molar-refractivity contribution in [3.63, 3.8) is 0 Å². The molecule has 1 saturated carbocycles. The van der Waals surface area contributed by atoms with E-state index in [4.69, 9.17) is 5.73 Å². The van der Waals surface area contributed by atoms with Crippen LogP contribution in [0.25, 0.3) is 0 Å². The van der Waals surface area contributed by atoms with Crippen LogP contribution in [0.15, 0.2) is 18.2 Å². The third-order valence-corrected chi connectivity index (χ3v) is 3.74. The van der Waals surface area contributed by atoms with Gasteiger partial charge in [0.1, 0.15) is 0 Å². The topological polar surface area (TPSA) is 89.4 Å². The molecule has 5 nitrogen and oxygen atoms in total. The Morgan fingerprint density at radius 1 is 1.32 bits per heavy atom. The fourth-order valence-electron chi connectivity index (χ4n) is 2.66. The maximum absolute atomic E-state index is 10.8. The molecule has 106 valence electrons. The zero-order valence-corrected chi connectivity index (χ0v) is 11.4. The van der Waals surface area contributed by atoms with Crippen molar-refractivity contribution < 1.29 is 10.0 Å². The quantitative estimate of drug-likeness (QED) is 0.659. The van der Waals surface area contributed by atoms with Crippen LogP contribution in [0.1, 0.15) is 43.7 Å². The molecule has 3 N–H and O–H groups in total. The lowest BCUT2D eigenvalue weighted by Crippen LogP contribution is -2.23. The summed E-state index contributed by atoms with van der Waals surface area (Å²) >= 11 is 0. The van der Waals surface area contributed by atoms with Crippen LogP contribution < -0.4 is 5.73 Å². The molecule has 1 aliphatic rings. The summed E-state index contributed by atoms with van der Waals surface area (Å²) in [5, 5.41) is 20.2. The summed E-state index contributed by atoms with van der Waals surface area (Å²) in [4.78, 5) is 10.2.